The van der Waals surface area contributed by atoms with Crippen LogP contribution in [0.25, 0.3) is 10.9 Å². The molecule has 4 aromatic rings. The molecule has 0 saturated carbocycles. The van der Waals surface area contributed by atoms with Gasteiger partial charge in [-0.25, -0.2) is 9.78 Å². The average Bonchev–Trinajstić information content (AvgIpc) is 2.97. The number of pyridine rings is 1. The van der Waals surface area contributed by atoms with E-state index in [4.69, 9.17) is 19.2 Å². The maximum Gasteiger partial charge on any atom is 0.407 e. The summed E-state index contributed by atoms with van der Waals surface area (Å²) in [5.74, 6) is 1.43. The van der Waals surface area contributed by atoms with E-state index in [1.54, 1.807) is 31.6 Å². The third-order valence-electron chi connectivity index (χ3n) is 7.01. The first-order chi connectivity index (χ1) is 19.0. The van der Waals surface area contributed by atoms with Crippen LogP contribution in [0.4, 0.5) is 10.7 Å². The second kappa shape index (κ2) is 11.4. The fourth-order valence-corrected chi connectivity index (χ4v) is 4.92. The maximum atomic E-state index is 12.9. The van der Waals surface area contributed by atoms with Gasteiger partial charge in [0.1, 0.15) is 5.60 Å². The van der Waals surface area contributed by atoms with Crippen molar-refractivity contribution in [3.05, 3.63) is 88.5 Å². The molecule has 3 heterocycles. The van der Waals surface area contributed by atoms with Crippen LogP contribution in [-0.2, 0) is 17.7 Å². The van der Waals surface area contributed by atoms with Gasteiger partial charge in [-0.1, -0.05) is 36.4 Å². The zero-order valence-corrected chi connectivity index (χ0v) is 22.0. The average molecular weight is 530 g/mol. The van der Waals surface area contributed by atoms with Gasteiger partial charge in [0.05, 0.1) is 25.1 Å². The number of carbonyl (C=O) groups excluding carboxylic acids is 1. The number of nitrogens with one attached hydrogen (secondary N) is 2. The number of ether oxygens (including phenoxy) is 3. The van der Waals surface area contributed by atoms with Crippen LogP contribution in [0.2, 0.25) is 0 Å². The van der Waals surface area contributed by atoms with E-state index in [9.17, 15) is 9.59 Å². The van der Waals surface area contributed by atoms with Gasteiger partial charge in [0.2, 0.25) is 5.95 Å². The standard InChI is InChI=1S/C29H31N5O5/c1-37-24-15-22-23(16-25(24)38-2)32-27(33-26(22)35)34-13-10-29(11-14-34,17-20-7-4-3-5-8-20)39-28(36)31-19-21-9-6-12-30-18-21/h3-9,12,15-16,18H,10-11,13-14,17,19H2,1-2H3,(H,31,36)(H,32,33,35). The monoisotopic (exact) mass is 529 g/mol. The first-order valence-corrected chi connectivity index (χ1v) is 12.8. The summed E-state index contributed by atoms with van der Waals surface area (Å²) in [5, 5.41) is 3.27. The quantitative estimate of drug-likeness (QED) is 0.353. The number of rotatable bonds is 8. The number of benzene rings is 2. The summed E-state index contributed by atoms with van der Waals surface area (Å²) in [5.41, 5.74) is 1.53. The molecule has 0 spiro atoms. The van der Waals surface area contributed by atoms with Crippen molar-refractivity contribution in [3.63, 3.8) is 0 Å². The topological polar surface area (TPSA) is 119 Å². The Kier molecular flexibility index (Phi) is 7.62. The number of hydrogen-bond donors (Lipinski definition) is 2. The van der Waals surface area contributed by atoms with E-state index in [1.807, 2.05) is 47.4 Å². The summed E-state index contributed by atoms with van der Waals surface area (Å²) < 4.78 is 16.8. The molecule has 10 nitrogen and oxygen atoms in total. The number of carbonyl (C=O) groups is 1. The highest BCUT2D eigenvalue weighted by molar-refractivity contribution is 5.82. The molecule has 0 unspecified atom stereocenters. The number of piperidine rings is 1. The van der Waals surface area contributed by atoms with Gasteiger partial charge in [-0.3, -0.25) is 14.8 Å². The Morgan fingerprint density at radius 1 is 1.03 bits per heavy atom. The first kappa shape index (κ1) is 26.0. The van der Waals surface area contributed by atoms with Crippen molar-refractivity contribution in [3.8, 4) is 11.5 Å². The largest absolute Gasteiger partial charge is 0.493 e. The molecule has 0 atom stereocenters. The van der Waals surface area contributed by atoms with Gasteiger partial charge < -0.3 is 24.4 Å². The van der Waals surface area contributed by atoms with E-state index in [-0.39, 0.29) is 5.56 Å². The van der Waals surface area contributed by atoms with Crippen LogP contribution in [0.3, 0.4) is 0 Å². The molecule has 1 aliphatic heterocycles. The fourth-order valence-electron chi connectivity index (χ4n) is 4.92. The van der Waals surface area contributed by atoms with Crippen molar-refractivity contribution in [1.29, 1.82) is 0 Å². The summed E-state index contributed by atoms with van der Waals surface area (Å²) >= 11 is 0. The lowest BCUT2D eigenvalue weighted by atomic mass is 9.85. The smallest absolute Gasteiger partial charge is 0.407 e. The summed E-state index contributed by atoms with van der Waals surface area (Å²) in [6.45, 7) is 1.42. The van der Waals surface area contributed by atoms with Crippen molar-refractivity contribution in [2.45, 2.75) is 31.4 Å². The van der Waals surface area contributed by atoms with Crippen molar-refractivity contribution >= 4 is 22.9 Å². The Morgan fingerprint density at radius 3 is 2.44 bits per heavy atom. The molecule has 0 radical (unpaired) electrons. The fraction of sp³-hybridized carbons (Fsp3) is 0.310. The van der Waals surface area contributed by atoms with Crippen LogP contribution in [0.5, 0.6) is 11.5 Å². The van der Waals surface area contributed by atoms with Crippen LogP contribution in [0.15, 0.2) is 71.8 Å². The predicted octanol–water partition coefficient (Wildman–Crippen LogP) is 3.84. The van der Waals surface area contributed by atoms with Gasteiger partial charge in [-0.05, 0) is 23.3 Å². The molecule has 1 amide bonds. The van der Waals surface area contributed by atoms with Crippen molar-refractivity contribution in [1.82, 2.24) is 20.3 Å². The summed E-state index contributed by atoms with van der Waals surface area (Å²) in [6, 6.07) is 17.0. The molecule has 5 rings (SSSR count). The normalized spacial score (nSPS) is 14.6. The summed E-state index contributed by atoms with van der Waals surface area (Å²) in [7, 11) is 3.07. The Morgan fingerprint density at radius 2 is 1.74 bits per heavy atom. The minimum absolute atomic E-state index is 0.261. The van der Waals surface area contributed by atoms with Gasteiger partial charge in [0.25, 0.3) is 5.56 Å². The van der Waals surface area contributed by atoms with Crippen LogP contribution in [0, 0.1) is 0 Å². The number of aromatic amines is 1. The molecule has 202 valence electrons. The maximum absolute atomic E-state index is 12.9. The highest BCUT2D eigenvalue weighted by Crippen LogP contribution is 2.33. The van der Waals surface area contributed by atoms with Crippen LogP contribution in [0.1, 0.15) is 24.0 Å². The molecule has 0 aliphatic carbocycles. The molecule has 1 saturated heterocycles. The lowest BCUT2D eigenvalue weighted by molar-refractivity contribution is -0.00746. The van der Waals surface area contributed by atoms with Gasteiger partial charge in [-0.2, -0.15) is 0 Å². The summed E-state index contributed by atoms with van der Waals surface area (Å²) in [6.07, 6.45) is 4.64. The molecule has 2 aromatic carbocycles. The van der Waals surface area contributed by atoms with E-state index in [0.717, 1.165) is 11.1 Å². The molecule has 10 heteroatoms. The lowest BCUT2D eigenvalue weighted by Gasteiger charge is -2.41. The van der Waals surface area contributed by atoms with Gasteiger partial charge in [0.15, 0.2) is 11.5 Å². The number of fused-ring (bicyclic) bond motifs is 1. The van der Waals surface area contributed by atoms with Gasteiger partial charge in [0, 0.05) is 57.4 Å². The molecule has 1 aliphatic rings. The Balaban J connectivity index is 1.34. The third kappa shape index (κ3) is 5.95. The minimum atomic E-state index is -0.704. The molecule has 1 fully saturated rings. The summed E-state index contributed by atoms with van der Waals surface area (Å²) in [4.78, 5) is 39.5. The second-order valence-corrected chi connectivity index (χ2v) is 9.55. The molecule has 2 N–H and O–H groups in total. The van der Waals surface area contributed by atoms with Crippen LogP contribution in [-0.4, -0.2) is 54.0 Å². The Bertz CT molecular complexity index is 1480. The van der Waals surface area contributed by atoms with Crippen molar-refractivity contribution in [2.75, 3.05) is 32.2 Å². The number of nitrogens with zero attached hydrogens (tertiary/aromatic N) is 3. The number of H-pyrrole nitrogens is 1. The van der Waals surface area contributed by atoms with E-state index < -0.39 is 11.7 Å². The number of methoxy groups -OCH3 is 2. The first-order valence-electron chi connectivity index (χ1n) is 12.8. The van der Waals surface area contributed by atoms with Crippen molar-refractivity contribution < 1.29 is 19.0 Å². The van der Waals surface area contributed by atoms with Gasteiger partial charge in [-0.15, -0.1) is 0 Å². The Labute approximate surface area is 226 Å². The minimum Gasteiger partial charge on any atom is -0.493 e. The lowest BCUT2D eigenvalue weighted by Crippen LogP contribution is -2.50. The van der Waals surface area contributed by atoms with E-state index in [1.165, 1.54) is 7.11 Å². The number of anilines is 1. The number of aromatic nitrogens is 3. The van der Waals surface area contributed by atoms with Gasteiger partial charge >= 0.3 is 6.09 Å². The van der Waals surface area contributed by atoms with Crippen LogP contribution >= 0.6 is 0 Å². The third-order valence-corrected chi connectivity index (χ3v) is 7.01. The predicted molar refractivity (Wildman–Crippen MR) is 147 cm³/mol. The zero-order valence-electron chi connectivity index (χ0n) is 22.0. The van der Waals surface area contributed by atoms with E-state index >= 15 is 0 Å². The van der Waals surface area contributed by atoms with Crippen molar-refractivity contribution in [2.24, 2.45) is 0 Å². The highest BCUT2D eigenvalue weighted by atomic mass is 16.6. The molecule has 2 aromatic heterocycles. The number of amides is 1. The van der Waals surface area contributed by atoms with E-state index in [2.05, 4.69) is 15.3 Å². The SMILES string of the molecule is COc1cc2nc(N3CCC(Cc4ccccc4)(OC(=O)NCc4cccnc4)CC3)[nH]c(=O)c2cc1OC. The Hall–Kier alpha value is -4.60. The molecule has 0 bridgehead atoms. The number of alkyl carbamates (subject to hydrolysis) is 1. The molecule has 39 heavy (non-hydrogen) atoms. The molecular weight excluding hydrogens is 498 g/mol. The second-order valence-electron chi connectivity index (χ2n) is 9.55. The van der Waals surface area contributed by atoms with E-state index in [0.29, 0.717) is 67.2 Å². The zero-order chi connectivity index (χ0) is 27.2. The number of hydrogen-bond acceptors (Lipinski definition) is 8. The highest BCUT2D eigenvalue weighted by Gasteiger charge is 2.39. The molecular formula is C29H31N5O5. The van der Waals surface area contributed by atoms with Crippen LogP contribution < -0.4 is 25.2 Å².